The molecule has 1 aliphatic rings. The number of rotatable bonds is 6. The van der Waals surface area contributed by atoms with E-state index in [2.05, 4.69) is 33.5 Å². The van der Waals surface area contributed by atoms with Crippen LogP contribution in [-0.4, -0.2) is 32.1 Å². The second-order valence-corrected chi connectivity index (χ2v) is 7.30. The Kier molecular flexibility index (Phi) is 8.69. The smallest absolute Gasteiger partial charge is 0.223 e. The first kappa shape index (κ1) is 20.6. The molecule has 0 bridgehead atoms. The molecule has 2 rings (SSSR count). The summed E-state index contributed by atoms with van der Waals surface area (Å²) in [5.41, 5.74) is 0.209. The normalized spacial score (nSPS) is 16.3. The van der Waals surface area contributed by atoms with Gasteiger partial charge in [-0.1, -0.05) is 18.5 Å². The Bertz CT molecular complexity index is 523. The number of carbonyl (C=O) groups is 1. The molecule has 1 aliphatic heterocycles. The Morgan fingerprint density at radius 2 is 2.13 bits per heavy atom. The summed E-state index contributed by atoms with van der Waals surface area (Å²) in [5.74, 6) is 0.729. The van der Waals surface area contributed by atoms with Crippen LogP contribution in [0.25, 0.3) is 0 Å². The van der Waals surface area contributed by atoms with Crippen LogP contribution in [0, 0.1) is 5.41 Å². The van der Waals surface area contributed by atoms with Gasteiger partial charge in [0, 0.05) is 11.6 Å². The lowest BCUT2D eigenvalue weighted by molar-refractivity contribution is -0.122. The molecule has 1 saturated heterocycles. The van der Waals surface area contributed by atoms with E-state index in [0.29, 0.717) is 23.8 Å². The van der Waals surface area contributed by atoms with Gasteiger partial charge in [0.05, 0.1) is 17.5 Å². The van der Waals surface area contributed by atoms with Crippen LogP contribution in [-0.2, 0) is 4.79 Å². The highest BCUT2D eigenvalue weighted by Gasteiger charge is 2.26. The number of nitrogens with one attached hydrogen (secondary N) is 2. The fourth-order valence-corrected chi connectivity index (χ4v) is 3.25. The van der Waals surface area contributed by atoms with Crippen LogP contribution < -0.4 is 15.4 Å². The van der Waals surface area contributed by atoms with E-state index in [1.807, 2.05) is 0 Å². The summed E-state index contributed by atoms with van der Waals surface area (Å²) >= 11 is 9.26. The lowest BCUT2D eigenvalue weighted by atomic mass is 9.81. The van der Waals surface area contributed by atoms with Gasteiger partial charge in [-0.3, -0.25) is 4.79 Å². The summed E-state index contributed by atoms with van der Waals surface area (Å²) in [6, 6.07) is 5.33. The van der Waals surface area contributed by atoms with Crippen LogP contribution in [0.3, 0.4) is 0 Å². The van der Waals surface area contributed by atoms with Crippen LogP contribution in [0.5, 0.6) is 5.75 Å². The molecule has 1 fully saturated rings. The number of hydrogen-bond acceptors (Lipinski definition) is 3. The van der Waals surface area contributed by atoms with Crippen molar-refractivity contribution < 1.29 is 9.53 Å². The molecule has 0 aromatic heterocycles. The molecule has 0 atom stereocenters. The minimum Gasteiger partial charge on any atom is -0.492 e. The maximum Gasteiger partial charge on any atom is 0.223 e. The van der Waals surface area contributed by atoms with Crippen LogP contribution >= 0.6 is 39.9 Å². The molecule has 130 valence electrons. The molecule has 1 aromatic rings. The van der Waals surface area contributed by atoms with Gasteiger partial charge < -0.3 is 15.4 Å². The van der Waals surface area contributed by atoms with Gasteiger partial charge in [0.25, 0.3) is 0 Å². The second-order valence-electron chi connectivity index (χ2n) is 6.01. The molecule has 4 nitrogen and oxygen atoms in total. The van der Waals surface area contributed by atoms with Crippen LogP contribution in [0.15, 0.2) is 22.7 Å². The summed E-state index contributed by atoms with van der Waals surface area (Å²) in [6.45, 7) is 5.37. The van der Waals surface area contributed by atoms with Gasteiger partial charge in [0.2, 0.25) is 5.91 Å². The Hall–Kier alpha value is -0.490. The van der Waals surface area contributed by atoms with Crippen molar-refractivity contribution in [2.75, 3.05) is 26.2 Å². The molecular formula is C16H23BrCl2N2O2. The van der Waals surface area contributed by atoms with Crippen LogP contribution in [0.1, 0.15) is 26.2 Å². The summed E-state index contributed by atoms with van der Waals surface area (Å²) in [7, 11) is 0. The molecule has 1 heterocycles. The molecule has 7 heteroatoms. The predicted octanol–water partition coefficient (Wildman–Crippen LogP) is 3.80. The number of benzene rings is 1. The molecule has 0 radical (unpaired) electrons. The van der Waals surface area contributed by atoms with Crippen molar-refractivity contribution >= 4 is 45.8 Å². The highest BCUT2D eigenvalue weighted by Crippen LogP contribution is 2.28. The largest absolute Gasteiger partial charge is 0.492 e. The summed E-state index contributed by atoms with van der Waals surface area (Å²) in [6.07, 6.45) is 2.55. The first-order valence-corrected chi connectivity index (χ1v) is 8.71. The molecule has 0 unspecified atom stereocenters. The van der Waals surface area contributed by atoms with Crippen molar-refractivity contribution in [2.45, 2.75) is 26.2 Å². The highest BCUT2D eigenvalue weighted by atomic mass is 79.9. The zero-order chi connectivity index (χ0) is 16.0. The number of ether oxygens (including phenoxy) is 1. The number of carbonyl (C=O) groups excluding carboxylic acids is 1. The Balaban J connectivity index is 0.00000264. The number of hydrogen-bond donors (Lipinski definition) is 2. The Labute approximate surface area is 157 Å². The van der Waals surface area contributed by atoms with Crippen LogP contribution in [0.2, 0.25) is 5.02 Å². The zero-order valence-electron chi connectivity index (χ0n) is 13.2. The SMILES string of the molecule is CC1(CNC(=O)CCOc2ccc(Cl)cc2Br)CCNCC1.Cl. The standard InChI is InChI=1S/C16H22BrClN2O2.ClH/c1-16(5-7-19-8-6-16)11-20-15(21)4-9-22-14-3-2-12(18)10-13(14)17;/h2-3,10,19H,4-9,11H2,1H3,(H,20,21);1H. The lowest BCUT2D eigenvalue weighted by Crippen LogP contribution is -2.43. The van der Waals surface area contributed by atoms with E-state index in [1.54, 1.807) is 18.2 Å². The van der Waals surface area contributed by atoms with Crippen LogP contribution in [0.4, 0.5) is 0 Å². The quantitative estimate of drug-likeness (QED) is 0.728. The van der Waals surface area contributed by atoms with Crippen molar-refractivity contribution in [3.05, 3.63) is 27.7 Å². The molecule has 0 aliphatic carbocycles. The van der Waals surface area contributed by atoms with E-state index in [9.17, 15) is 4.79 Å². The lowest BCUT2D eigenvalue weighted by Gasteiger charge is -2.34. The third-order valence-corrected chi connectivity index (χ3v) is 4.86. The van der Waals surface area contributed by atoms with Crippen molar-refractivity contribution in [1.29, 1.82) is 0 Å². The fourth-order valence-electron chi connectivity index (χ4n) is 2.45. The van der Waals surface area contributed by atoms with Crippen molar-refractivity contribution in [1.82, 2.24) is 10.6 Å². The molecular weight excluding hydrogens is 403 g/mol. The summed E-state index contributed by atoms with van der Waals surface area (Å²) in [4.78, 5) is 11.9. The molecule has 0 saturated carbocycles. The number of piperidine rings is 1. The van der Waals surface area contributed by atoms with E-state index in [0.717, 1.165) is 36.9 Å². The second kappa shape index (κ2) is 9.72. The van der Waals surface area contributed by atoms with Gasteiger partial charge >= 0.3 is 0 Å². The third-order valence-electron chi connectivity index (χ3n) is 4.00. The van der Waals surface area contributed by atoms with Gasteiger partial charge in [0.15, 0.2) is 0 Å². The molecule has 2 N–H and O–H groups in total. The van der Waals surface area contributed by atoms with Crippen molar-refractivity contribution in [2.24, 2.45) is 5.41 Å². The minimum atomic E-state index is 0. The first-order chi connectivity index (χ1) is 10.5. The minimum absolute atomic E-state index is 0. The zero-order valence-corrected chi connectivity index (χ0v) is 16.3. The first-order valence-electron chi connectivity index (χ1n) is 7.54. The number of halogens is 3. The van der Waals surface area contributed by atoms with Crippen molar-refractivity contribution in [3.63, 3.8) is 0 Å². The molecule has 1 amide bonds. The maximum atomic E-state index is 11.9. The van der Waals surface area contributed by atoms with Crippen molar-refractivity contribution in [3.8, 4) is 5.75 Å². The number of amides is 1. The fraction of sp³-hybridized carbons (Fsp3) is 0.562. The molecule has 1 aromatic carbocycles. The third kappa shape index (κ3) is 6.87. The van der Waals surface area contributed by atoms with E-state index in [1.165, 1.54) is 0 Å². The van der Waals surface area contributed by atoms with Gasteiger partial charge in [-0.2, -0.15) is 0 Å². The monoisotopic (exact) mass is 424 g/mol. The maximum absolute atomic E-state index is 11.9. The molecule has 23 heavy (non-hydrogen) atoms. The predicted molar refractivity (Wildman–Crippen MR) is 99.7 cm³/mol. The van der Waals surface area contributed by atoms with Gasteiger partial charge in [-0.05, 0) is 65.5 Å². The highest BCUT2D eigenvalue weighted by molar-refractivity contribution is 9.10. The van der Waals surface area contributed by atoms with E-state index < -0.39 is 0 Å². The Morgan fingerprint density at radius 1 is 1.43 bits per heavy atom. The van der Waals surface area contributed by atoms with Gasteiger partial charge in [-0.25, -0.2) is 0 Å². The summed E-state index contributed by atoms with van der Waals surface area (Å²) < 4.78 is 6.40. The Morgan fingerprint density at radius 3 is 2.78 bits per heavy atom. The van der Waals surface area contributed by atoms with E-state index in [-0.39, 0.29) is 23.7 Å². The van der Waals surface area contributed by atoms with E-state index >= 15 is 0 Å². The van der Waals surface area contributed by atoms with Gasteiger partial charge in [0.1, 0.15) is 5.75 Å². The van der Waals surface area contributed by atoms with E-state index in [4.69, 9.17) is 16.3 Å². The average Bonchev–Trinajstić information content (AvgIpc) is 2.48. The molecule has 0 spiro atoms. The average molecular weight is 426 g/mol. The topological polar surface area (TPSA) is 50.4 Å². The van der Waals surface area contributed by atoms with Gasteiger partial charge in [-0.15, -0.1) is 12.4 Å². The summed E-state index contributed by atoms with van der Waals surface area (Å²) in [5, 5.41) is 7.01.